The molecule has 0 bridgehead atoms. The smallest absolute Gasteiger partial charge is 0.420 e. The van der Waals surface area contributed by atoms with E-state index >= 15 is 0 Å². The van der Waals surface area contributed by atoms with E-state index in [1.54, 1.807) is 0 Å². The van der Waals surface area contributed by atoms with Gasteiger partial charge < -0.3 is 4.74 Å². The monoisotopic (exact) mass is 282 g/mol. The molecule has 0 amide bonds. The van der Waals surface area contributed by atoms with Gasteiger partial charge in [-0.1, -0.05) is 0 Å². The molecule has 19 heavy (non-hydrogen) atoms. The maximum Gasteiger partial charge on any atom is 0.420 e. The van der Waals surface area contributed by atoms with Crippen molar-refractivity contribution in [3.63, 3.8) is 0 Å². The van der Waals surface area contributed by atoms with Crippen LogP contribution in [0.4, 0.5) is 22.0 Å². The molecule has 0 atom stereocenters. The average Bonchev–Trinajstić information content (AvgIpc) is 2.25. The quantitative estimate of drug-likeness (QED) is 0.483. The van der Waals surface area contributed by atoms with Gasteiger partial charge >= 0.3 is 12.8 Å². The van der Waals surface area contributed by atoms with Crippen LogP contribution in [0, 0.1) is 0 Å². The van der Waals surface area contributed by atoms with Crippen LogP contribution < -0.4 is 4.74 Å². The van der Waals surface area contributed by atoms with E-state index < -0.39 is 35.4 Å². The number of rotatable bonds is 4. The lowest BCUT2D eigenvalue weighted by Crippen LogP contribution is -2.16. The third kappa shape index (κ3) is 3.49. The zero-order chi connectivity index (χ0) is 14.8. The molecule has 1 aromatic carbocycles. The number of carbonyl (C=O) groups is 2. The molecule has 0 saturated heterocycles. The third-order valence-corrected chi connectivity index (χ3v) is 2.14. The van der Waals surface area contributed by atoms with Crippen molar-refractivity contribution in [3.8, 4) is 5.75 Å². The Kier molecular flexibility index (Phi) is 4.23. The molecule has 0 N–H and O–H groups in total. The summed E-state index contributed by atoms with van der Waals surface area (Å²) in [5.41, 5.74) is -2.88. The minimum absolute atomic E-state index is 0.130. The fraction of sp³-hybridized carbons (Fsp3) is 0.273. The number of Topliss-reactive ketones (excluding diaryl/α,β-unsaturated/α-hetero) is 1. The summed E-state index contributed by atoms with van der Waals surface area (Å²) in [5.74, 6) is -2.27. The molecule has 0 aliphatic rings. The standard InChI is InChI=1S/C11H7F5O3/c1-5(18)7-2-6(4-17)3-8(19-10(12)13)9(7)11(14,15)16/h2-4,10H,1H3. The number of hydrogen-bond acceptors (Lipinski definition) is 3. The van der Waals surface area contributed by atoms with Crippen LogP contribution in [0.25, 0.3) is 0 Å². The van der Waals surface area contributed by atoms with Gasteiger partial charge in [0.15, 0.2) is 5.78 Å². The number of aldehydes is 1. The second kappa shape index (κ2) is 5.33. The first-order chi connectivity index (χ1) is 8.66. The Bertz CT molecular complexity index is 508. The Labute approximate surface area is 104 Å². The van der Waals surface area contributed by atoms with Gasteiger partial charge in [-0.25, -0.2) is 0 Å². The molecule has 0 spiro atoms. The highest BCUT2D eigenvalue weighted by Gasteiger charge is 2.39. The molecule has 104 valence electrons. The van der Waals surface area contributed by atoms with E-state index in [-0.39, 0.29) is 11.8 Å². The minimum Gasteiger partial charge on any atom is -0.434 e. The second-order valence-corrected chi connectivity index (χ2v) is 3.49. The summed E-state index contributed by atoms with van der Waals surface area (Å²) in [4.78, 5) is 21.7. The van der Waals surface area contributed by atoms with Crippen LogP contribution in [0.1, 0.15) is 33.2 Å². The number of ether oxygens (including phenoxy) is 1. The van der Waals surface area contributed by atoms with Crippen molar-refractivity contribution in [1.82, 2.24) is 0 Å². The fourth-order valence-corrected chi connectivity index (χ4v) is 1.46. The van der Waals surface area contributed by atoms with Crippen LogP contribution in [0.2, 0.25) is 0 Å². The van der Waals surface area contributed by atoms with Gasteiger partial charge in [-0.05, 0) is 19.1 Å². The molecule has 0 aromatic heterocycles. The first-order valence-electron chi connectivity index (χ1n) is 4.83. The van der Waals surface area contributed by atoms with Gasteiger partial charge in [0.1, 0.15) is 17.6 Å². The largest absolute Gasteiger partial charge is 0.434 e. The third-order valence-electron chi connectivity index (χ3n) is 2.14. The van der Waals surface area contributed by atoms with Crippen molar-refractivity contribution in [3.05, 3.63) is 28.8 Å². The van der Waals surface area contributed by atoms with Crippen LogP contribution in [0.3, 0.4) is 0 Å². The molecule has 3 nitrogen and oxygen atoms in total. The molecule has 1 rings (SSSR count). The highest BCUT2D eigenvalue weighted by atomic mass is 19.4. The van der Waals surface area contributed by atoms with Gasteiger partial charge in [-0.2, -0.15) is 22.0 Å². The molecule has 0 radical (unpaired) electrons. The molecular formula is C11H7F5O3. The fourth-order valence-electron chi connectivity index (χ4n) is 1.46. The summed E-state index contributed by atoms with van der Waals surface area (Å²) in [5, 5.41) is 0. The van der Waals surface area contributed by atoms with Crippen LogP contribution in [-0.2, 0) is 6.18 Å². The molecule has 0 aliphatic carbocycles. The van der Waals surface area contributed by atoms with Crippen molar-refractivity contribution in [2.24, 2.45) is 0 Å². The molecule has 0 saturated carbocycles. The lowest BCUT2D eigenvalue weighted by molar-refractivity contribution is -0.142. The summed E-state index contributed by atoms with van der Waals surface area (Å²) in [6, 6.07) is 1.19. The SMILES string of the molecule is CC(=O)c1cc(C=O)cc(OC(F)F)c1C(F)(F)F. The van der Waals surface area contributed by atoms with E-state index in [1.807, 2.05) is 0 Å². The number of benzene rings is 1. The Morgan fingerprint density at radius 3 is 2.26 bits per heavy atom. The molecule has 0 aliphatic heterocycles. The molecule has 0 unspecified atom stereocenters. The summed E-state index contributed by atoms with van der Waals surface area (Å²) >= 11 is 0. The van der Waals surface area contributed by atoms with E-state index in [0.29, 0.717) is 12.1 Å². The molecule has 8 heteroatoms. The highest BCUT2D eigenvalue weighted by molar-refractivity contribution is 5.98. The maximum atomic E-state index is 12.8. The average molecular weight is 282 g/mol. The van der Waals surface area contributed by atoms with E-state index in [0.717, 1.165) is 6.92 Å². The van der Waals surface area contributed by atoms with Gasteiger partial charge in [-0.3, -0.25) is 9.59 Å². The van der Waals surface area contributed by atoms with E-state index in [1.165, 1.54) is 0 Å². The molecule has 0 fully saturated rings. The number of carbonyl (C=O) groups excluding carboxylic acids is 2. The Morgan fingerprint density at radius 2 is 1.89 bits per heavy atom. The predicted octanol–water partition coefficient (Wildman–Crippen LogP) is 3.32. The van der Waals surface area contributed by atoms with Gasteiger partial charge in [0.2, 0.25) is 0 Å². The van der Waals surface area contributed by atoms with Crippen molar-refractivity contribution in [2.75, 3.05) is 0 Å². The summed E-state index contributed by atoms with van der Waals surface area (Å²) in [7, 11) is 0. The first kappa shape index (κ1) is 15.1. The van der Waals surface area contributed by atoms with Crippen LogP contribution in [-0.4, -0.2) is 18.7 Å². The number of halogens is 5. The number of ketones is 1. The molecule has 0 heterocycles. The van der Waals surface area contributed by atoms with E-state index in [4.69, 9.17) is 0 Å². The first-order valence-corrected chi connectivity index (χ1v) is 4.83. The second-order valence-electron chi connectivity index (χ2n) is 3.49. The predicted molar refractivity (Wildman–Crippen MR) is 53.5 cm³/mol. The maximum absolute atomic E-state index is 12.8. The Morgan fingerprint density at radius 1 is 1.32 bits per heavy atom. The van der Waals surface area contributed by atoms with Crippen molar-refractivity contribution < 1.29 is 36.3 Å². The van der Waals surface area contributed by atoms with E-state index in [2.05, 4.69) is 4.74 Å². The Hall–Kier alpha value is -1.99. The van der Waals surface area contributed by atoms with E-state index in [9.17, 15) is 31.5 Å². The Balaban J connectivity index is 3.61. The molecular weight excluding hydrogens is 275 g/mol. The topological polar surface area (TPSA) is 43.4 Å². The summed E-state index contributed by atoms with van der Waals surface area (Å²) in [6.45, 7) is -2.69. The zero-order valence-corrected chi connectivity index (χ0v) is 9.42. The lowest BCUT2D eigenvalue weighted by atomic mass is 9.99. The summed E-state index contributed by atoms with van der Waals surface area (Å²) < 4.78 is 66.3. The summed E-state index contributed by atoms with van der Waals surface area (Å²) in [6.07, 6.45) is -4.93. The minimum atomic E-state index is -5.06. The van der Waals surface area contributed by atoms with Crippen LogP contribution in [0.5, 0.6) is 5.75 Å². The molecule has 1 aromatic rings. The lowest BCUT2D eigenvalue weighted by Gasteiger charge is -2.17. The van der Waals surface area contributed by atoms with Gasteiger partial charge in [0.05, 0.1) is 0 Å². The van der Waals surface area contributed by atoms with Crippen molar-refractivity contribution in [2.45, 2.75) is 19.7 Å². The van der Waals surface area contributed by atoms with Gasteiger partial charge in [-0.15, -0.1) is 0 Å². The van der Waals surface area contributed by atoms with Crippen LogP contribution in [0.15, 0.2) is 12.1 Å². The highest BCUT2D eigenvalue weighted by Crippen LogP contribution is 2.40. The van der Waals surface area contributed by atoms with Crippen molar-refractivity contribution >= 4 is 12.1 Å². The number of alkyl halides is 5. The van der Waals surface area contributed by atoms with Crippen molar-refractivity contribution in [1.29, 1.82) is 0 Å². The normalized spacial score (nSPS) is 11.5. The number of hydrogen-bond donors (Lipinski definition) is 0. The van der Waals surface area contributed by atoms with Gasteiger partial charge in [0, 0.05) is 11.1 Å². The zero-order valence-electron chi connectivity index (χ0n) is 9.42. The van der Waals surface area contributed by atoms with Gasteiger partial charge in [0.25, 0.3) is 0 Å². The van der Waals surface area contributed by atoms with Crippen LogP contribution >= 0.6 is 0 Å².